The fourth-order valence-electron chi connectivity index (χ4n) is 3.40. The van der Waals surface area contributed by atoms with Gasteiger partial charge in [-0.25, -0.2) is 9.69 Å². The first-order valence-electron chi connectivity index (χ1n) is 8.20. The summed E-state index contributed by atoms with van der Waals surface area (Å²) in [5, 5.41) is 9.77. The number of nitrogens with one attached hydrogen (secondary N) is 1. The molecule has 6 heteroatoms. The van der Waals surface area contributed by atoms with Crippen LogP contribution in [-0.4, -0.2) is 53.8 Å². The van der Waals surface area contributed by atoms with Gasteiger partial charge in [-0.05, 0) is 38.8 Å². The third kappa shape index (κ3) is 3.09. The van der Waals surface area contributed by atoms with E-state index in [1.165, 1.54) is 4.90 Å². The quantitative estimate of drug-likeness (QED) is 0.780. The van der Waals surface area contributed by atoms with Gasteiger partial charge in [-0.3, -0.25) is 9.69 Å². The highest BCUT2D eigenvalue weighted by molar-refractivity contribution is 6.13. The Bertz CT molecular complexity index is 602. The molecule has 0 aromatic heterocycles. The molecular formula is C17H24N3O3+. The smallest absolute Gasteiger partial charge is 0.336 e. The van der Waals surface area contributed by atoms with Crippen LogP contribution in [0.25, 0.3) is 0 Å². The van der Waals surface area contributed by atoms with E-state index in [0.29, 0.717) is 13.2 Å². The van der Waals surface area contributed by atoms with Crippen molar-refractivity contribution >= 4 is 17.6 Å². The van der Waals surface area contributed by atoms with Crippen molar-refractivity contribution in [1.29, 1.82) is 0 Å². The number of carbonyl (C=O) groups is 2. The van der Waals surface area contributed by atoms with Crippen LogP contribution in [0.2, 0.25) is 0 Å². The van der Waals surface area contributed by atoms with Crippen LogP contribution in [0.3, 0.4) is 0 Å². The molecule has 2 aliphatic heterocycles. The molecule has 1 aromatic rings. The van der Waals surface area contributed by atoms with Crippen LogP contribution < -0.4 is 9.80 Å². The van der Waals surface area contributed by atoms with E-state index in [-0.39, 0.29) is 18.0 Å². The first-order valence-corrected chi connectivity index (χ1v) is 8.20. The van der Waals surface area contributed by atoms with Crippen LogP contribution in [0.1, 0.15) is 25.3 Å². The molecule has 2 fully saturated rings. The van der Waals surface area contributed by atoms with E-state index in [2.05, 4.69) is 0 Å². The Morgan fingerprint density at radius 3 is 2.61 bits per heavy atom. The summed E-state index contributed by atoms with van der Waals surface area (Å²) in [5.74, 6) is -0.164. The summed E-state index contributed by atoms with van der Waals surface area (Å²) in [6, 6.07) is 6.87. The highest BCUT2D eigenvalue weighted by Gasteiger charge is 2.45. The van der Waals surface area contributed by atoms with Crippen molar-refractivity contribution in [2.24, 2.45) is 0 Å². The Morgan fingerprint density at radius 1 is 1.26 bits per heavy atom. The number of hydrogen-bond acceptors (Lipinski definition) is 3. The van der Waals surface area contributed by atoms with Crippen molar-refractivity contribution in [3.63, 3.8) is 0 Å². The Kier molecular flexibility index (Phi) is 4.37. The number of likely N-dealkylation sites (tertiary alicyclic amines) is 1. The largest absolute Gasteiger partial charge is 0.387 e. The summed E-state index contributed by atoms with van der Waals surface area (Å²) < 4.78 is 0. The molecule has 23 heavy (non-hydrogen) atoms. The topological polar surface area (TPSA) is 65.3 Å². The number of amides is 3. The van der Waals surface area contributed by atoms with Gasteiger partial charge >= 0.3 is 6.03 Å². The van der Waals surface area contributed by atoms with Crippen molar-refractivity contribution in [1.82, 2.24) is 4.90 Å². The maximum absolute atomic E-state index is 12.7. The zero-order chi connectivity index (χ0) is 16.6. The molecule has 124 valence electrons. The fourth-order valence-corrected chi connectivity index (χ4v) is 3.40. The number of hydrogen-bond donors (Lipinski definition) is 2. The lowest BCUT2D eigenvalue weighted by Crippen LogP contribution is -3.15. The van der Waals surface area contributed by atoms with Crippen LogP contribution >= 0.6 is 0 Å². The number of aliphatic hydroxyl groups excluding tert-OH is 1. The number of quaternary nitrogens is 1. The Hall–Kier alpha value is -1.92. The first kappa shape index (κ1) is 16.0. The van der Waals surface area contributed by atoms with E-state index in [1.807, 2.05) is 31.2 Å². The third-order valence-electron chi connectivity index (χ3n) is 4.73. The van der Waals surface area contributed by atoms with Gasteiger partial charge < -0.3 is 10.0 Å². The van der Waals surface area contributed by atoms with Crippen LogP contribution in [0.4, 0.5) is 10.5 Å². The summed E-state index contributed by atoms with van der Waals surface area (Å²) in [5.41, 5.74) is 1.86. The minimum atomic E-state index is -0.487. The standard InChI is InChI=1S/C17H23N3O3/c1-12-5-7-14(8-6-12)20-13(2)16(22)19(17(20)23)11-18-9-3-4-15(21)10-18/h5-8,13,15,21H,3-4,9-11H2,1-2H3/p+1/t13-,15-/m0/s1. The van der Waals surface area contributed by atoms with Crippen molar-refractivity contribution in [3.8, 4) is 0 Å². The number of piperidine rings is 1. The van der Waals surface area contributed by atoms with Crippen LogP contribution in [-0.2, 0) is 4.79 Å². The predicted molar refractivity (Wildman–Crippen MR) is 86.2 cm³/mol. The molecule has 2 saturated heterocycles. The second kappa shape index (κ2) is 6.29. The molecule has 2 aliphatic rings. The molecule has 3 amide bonds. The molecule has 0 saturated carbocycles. The normalized spacial score (nSPS) is 28.6. The van der Waals surface area contributed by atoms with Crippen LogP contribution in [0.5, 0.6) is 0 Å². The van der Waals surface area contributed by atoms with Gasteiger partial charge in [0.05, 0.1) is 6.54 Å². The lowest BCUT2D eigenvalue weighted by molar-refractivity contribution is -0.915. The predicted octanol–water partition coefficient (Wildman–Crippen LogP) is 0.149. The Labute approximate surface area is 136 Å². The second-order valence-electron chi connectivity index (χ2n) is 6.59. The molecule has 0 bridgehead atoms. The lowest BCUT2D eigenvalue weighted by atomic mass is 10.1. The molecule has 0 spiro atoms. The third-order valence-corrected chi connectivity index (χ3v) is 4.73. The number of carbonyl (C=O) groups excluding carboxylic acids is 2. The van der Waals surface area contributed by atoms with E-state index in [1.54, 1.807) is 11.8 Å². The molecule has 1 unspecified atom stereocenters. The maximum Gasteiger partial charge on any atom is 0.336 e. The van der Waals surface area contributed by atoms with Gasteiger partial charge in [0.25, 0.3) is 5.91 Å². The molecule has 2 N–H and O–H groups in total. The maximum atomic E-state index is 12.7. The second-order valence-corrected chi connectivity index (χ2v) is 6.59. The van der Waals surface area contributed by atoms with Crippen molar-refractivity contribution in [2.45, 2.75) is 38.8 Å². The Morgan fingerprint density at radius 2 is 1.96 bits per heavy atom. The molecule has 1 aromatic carbocycles. The number of urea groups is 1. The van der Waals surface area contributed by atoms with Crippen LogP contribution in [0, 0.1) is 6.92 Å². The molecule has 0 aliphatic carbocycles. The fraction of sp³-hybridized carbons (Fsp3) is 0.529. The summed E-state index contributed by atoms with van der Waals surface area (Å²) in [6.45, 7) is 5.56. The molecule has 2 heterocycles. The lowest BCUT2D eigenvalue weighted by Gasteiger charge is -2.29. The SMILES string of the molecule is Cc1ccc(N2C(=O)N(C[NH+]3CCC[C@H](O)C3)C(=O)[C@@H]2C)cc1. The van der Waals surface area contributed by atoms with E-state index in [0.717, 1.165) is 35.5 Å². The monoisotopic (exact) mass is 318 g/mol. The van der Waals surface area contributed by atoms with E-state index in [9.17, 15) is 14.7 Å². The van der Waals surface area contributed by atoms with Gasteiger partial charge in [0.1, 0.15) is 18.7 Å². The summed E-state index contributed by atoms with van der Waals surface area (Å²) >= 11 is 0. The average Bonchev–Trinajstić information content (AvgIpc) is 2.73. The van der Waals surface area contributed by atoms with Gasteiger partial charge in [-0.1, -0.05) is 17.7 Å². The Balaban J connectivity index is 1.76. The van der Waals surface area contributed by atoms with Gasteiger partial charge in [-0.15, -0.1) is 0 Å². The van der Waals surface area contributed by atoms with Gasteiger partial charge in [-0.2, -0.15) is 0 Å². The van der Waals surface area contributed by atoms with Crippen molar-refractivity contribution in [2.75, 3.05) is 24.7 Å². The van der Waals surface area contributed by atoms with Gasteiger partial charge in [0, 0.05) is 5.69 Å². The highest BCUT2D eigenvalue weighted by atomic mass is 16.3. The molecule has 6 nitrogen and oxygen atoms in total. The number of nitrogens with zero attached hydrogens (tertiary/aromatic N) is 2. The first-order chi connectivity index (χ1) is 11.0. The molecule has 3 rings (SSSR count). The van der Waals surface area contributed by atoms with Gasteiger partial charge in [0.15, 0.2) is 6.67 Å². The van der Waals surface area contributed by atoms with Crippen molar-refractivity contribution < 1.29 is 19.6 Å². The summed E-state index contributed by atoms with van der Waals surface area (Å²) in [7, 11) is 0. The summed E-state index contributed by atoms with van der Waals surface area (Å²) in [4.78, 5) is 29.2. The van der Waals surface area contributed by atoms with Crippen LogP contribution in [0.15, 0.2) is 24.3 Å². The average molecular weight is 318 g/mol. The van der Waals surface area contributed by atoms with Gasteiger partial charge in [0.2, 0.25) is 0 Å². The number of anilines is 1. The molecule has 3 atom stereocenters. The summed E-state index contributed by atoms with van der Waals surface area (Å²) in [6.07, 6.45) is 1.39. The van der Waals surface area contributed by atoms with Crippen molar-refractivity contribution in [3.05, 3.63) is 29.8 Å². The molecular weight excluding hydrogens is 294 g/mol. The van der Waals surface area contributed by atoms with E-state index < -0.39 is 6.04 Å². The highest BCUT2D eigenvalue weighted by Crippen LogP contribution is 2.25. The number of rotatable bonds is 3. The number of imide groups is 1. The number of benzene rings is 1. The zero-order valence-corrected chi connectivity index (χ0v) is 13.7. The minimum Gasteiger partial charge on any atom is -0.387 e. The molecule has 0 radical (unpaired) electrons. The zero-order valence-electron chi connectivity index (χ0n) is 13.7. The van der Waals surface area contributed by atoms with E-state index in [4.69, 9.17) is 0 Å². The van der Waals surface area contributed by atoms with E-state index >= 15 is 0 Å². The minimum absolute atomic E-state index is 0.164. The number of aliphatic hydroxyl groups is 1. The number of aryl methyl sites for hydroxylation is 1.